The molecule has 1 amide bonds. The Balaban J connectivity index is 2.18. The molecule has 0 saturated heterocycles. The van der Waals surface area contributed by atoms with Gasteiger partial charge in [0.05, 0.1) is 7.11 Å². The number of para-hydroxylation sites is 1. The van der Waals surface area contributed by atoms with E-state index in [0.717, 1.165) is 23.6 Å². The Labute approximate surface area is 119 Å². The Bertz CT molecular complexity index is 691. The molecule has 21 heavy (non-hydrogen) atoms. The van der Waals surface area contributed by atoms with Crippen molar-refractivity contribution in [3.05, 3.63) is 36.0 Å². The summed E-state index contributed by atoms with van der Waals surface area (Å²) in [4.78, 5) is 36.7. The van der Waals surface area contributed by atoms with Gasteiger partial charge in [-0.25, -0.2) is 9.59 Å². The van der Waals surface area contributed by atoms with Crippen LogP contribution in [0.25, 0.3) is 10.9 Å². The fourth-order valence-corrected chi connectivity index (χ4v) is 2.03. The molecular weight excluding hydrogens is 276 g/mol. The van der Waals surface area contributed by atoms with Crippen molar-refractivity contribution in [2.24, 2.45) is 0 Å². The number of amides is 1. The van der Waals surface area contributed by atoms with Gasteiger partial charge >= 0.3 is 17.8 Å². The lowest BCUT2D eigenvalue weighted by Crippen LogP contribution is -2.45. The van der Waals surface area contributed by atoms with Crippen LogP contribution in [0, 0.1) is 0 Å². The first kappa shape index (κ1) is 14.6. The summed E-state index contributed by atoms with van der Waals surface area (Å²) in [5.41, 5.74) is 1.61. The molecule has 0 aliphatic rings. The second kappa shape index (κ2) is 6.08. The van der Waals surface area contributed by atoms with Gasteiger partial charge in [-0.15, -0.1) is 0 Å². The first-order valence-electron chi connectivity index (χ1n) is 6.19. The topological polar surface area (TPSA) is 108 Å². The fourth-order valence-electron chi connectivity index (χ4n) is 2.03. The first-order valence-corrected chi connectivity index (χ1v) is 6.19. The summed E-state index contributed by atoms with van der Waals surface area (Å²) in [5, 5.41) is 12.2. The molecule has 110 valence electrons. The van der Waals surface area contributed by atoms with Gasteiger partial charge in [-0.2, -0.15) is 0 Å². The zero-order chi connectivity index (χ0) is 15.4. The number of esters is 1. The van der Waals surface area contributed by atoms with E-state index in [0.29, 0.717) is 0 Å². The number of rotatable bonds is 4. The SMILES string of the molecule is COC(=O)C(=O)NC(Cc1c[nH]c2ccccc12)C(=O)O. The third-order valence-corrected chi connectivity index (χ3v) is 3.07. The highest BCUT2D eigenvalue weighted by molar-refractivity contribution is 6.32. The lowest BCUT2D eigenvalue weighted by Gasteiger charge is -2.13. The molecule has 0 aliphatic heterocycles. The smallest absolute Gasteiger partial charge is 0.396 e. The Morgan fingerprint density at radius 3 is 2.71 bits per heavy atom. The second-order valence-electron chi connectivity index (χ2n) is 4.42. The van der Waals surface area contributed by atoms with E-state index in [2.05, 4.69) is 15.0 Å². The molecule has 1 unspecified atom stereocenters. The molecular formula is C14H14N2O5. The van der Waals surface area contributed by atoms with Gasteiger partial charge in [0.2, 0.25) is 0 Å². The van der Waals surface area contributed by atoms with Crippen molar-refractivity contribution < 1.29 is 24.2 Å². The summed E-state index contributed by atoms with van der Waals surface area (Å²) in [6.45, 7) is 0. The largest absolute Gasteiger partial charge is 0.480 e. The van der Waals surface area contributed by atoms with Gasteiger partial charge in [0.1, 0.15) is 6.04 Å². The molecule has 2 rings (SSSR count). The van der Waals surface area contributed by atoms with Crippen LogP contribution >= 0.6 is 0 Å². The number of methoxy groups -OCH3 is 1. The van der Waals surface area contributed by atoms with Crippen LogP contribution in [-0.4, -0.2) is 41.1 Å². The van der Waals surface area contributed by atoms with Crippen LogP contribution in [-0.2, 0) is 25.5 Å². The monoisotopic (exact) mass is 290 g/mol. The normalized spacial score (nSPS) is 11.9. The number of H-pyrrole nitrogens is 1. The van der Waals surface area contributed by atoms with E-state index in [-0.39, 0.29) is 6.42 Å². The standard InChI is InChI=1S/C14H14N2O5/c1-21-14(20)12(17)16-11(13(18)19)6-8-7-15-10-5-3-2-4-9(8)10/h2-5,7,11,15H,6H2,1H3,(H,16,17)(H,18,19). The molecule has 3 N–H and O–H groups in total. The summed E-state index contributed by atoms with van der Waals surface area (Å²) in [6.07, 6.45) is 1.74. The fraction of sp³-hybridized carbons (Fsp3) is 0.214. The molecule has 7 nitrogen and oxygen atoms in total. The average Bonchev–Trinajstić information content (AvgIpc) is 2.88. The zero-order valence-electron chi connectivity index (χ0n) is 11.3. The van der Waals surface area contributed by atoms with Crippen LogP contribution in [0.3, 0.4) is 0 Å². The number of aromatic nitrogens is 1. The van der Waals surface area contributed by atoms with Crippen LogP contribution in [0.2, 0.25) is 0 Å². The highest BCUT2D eigenvalue weighted by Crippen LogP contribution is 2.19. The maximum absolute atomic E-state index is 11.4. The van der Waals surface area contributed by atoms with E-state index < -0.39 is 23.9 Å². The molecule has 0 fully saturated rings. The molecule has 1 heterocycles. The third-order valence-electron chi connectivity index (χ3n) is 3.07. The van der Waals surface area contributed by atoms with Gasteiger partial charge in [0.15, 0.2) is 0 Å². The van der Waals surface area contributed by atoms with Crippen LogP contribution in [0.5, 0.6) is 0 Å². The Morgan fingerprint density at radius 1 is 1.33 bits per heavy atom. The number of nitrogens with one attached hydrogen (secondary N) is 2. The molecule has 7 heteroatoms. The molecule has 0 spiro atoms. The van der Waals surface area contributed by atoms with E-state index >= 15 is 0 Å². The number of hydrogen-bond acceptors (Lipinski definition) is 4. The predicted octanol–water partition coefficient (Wildman–Crippen LogP) is 0.453. The van der Waals surface area contributed by atoms with Crippen LogP contribution < -0.4 is 5.32 Å². The second-order valence-corrected chi connectivity index (χ2v) is 4.42. The summed E-state index contributed by atoms with van der Waals surface area (Å²) in [7, 11) is 1.05. The molecule has 1 aromatic heterocycles. The Morgan fingerprint density at radius 2 is 2.05 bits per heavy atom. The van der Waals surface area contributed by atoms with E-state index in [1.807, 2.05) is 24.3 Å². The first-order chi connectivity index (χ1) is 10.0. The Kier molecular flexibility index (Phi) is 4.22. The van der Waals surface area contributed by atoms with Crippen molar-refractivity contribution in [2.45, 2.75) is 12.5 Å². The van der Waals surface area contributed by atoms with E-state index in [1.165, 1.54) is 0 Å². The van der Waals surface area contributed by atoms with Crippen LogP contribution in [0.1, 0.15) is 5.56 Å². The van der Waals surface area contributed by atoms with Gasteiger partial charge in [-0.05, 0) is 11.6 Å². The summed E-state index contributed by atoms with van der Waals surface area (Å²) >= 11 is 0. The van der Waals surface area contributed by atoms with Crippen LogP contribution in [0.15, 0.2) is 30.5 Å². The lowest BCUT2D eigenvalue weighted by atomic mass is 10.1. The van der Waals surface area contributed by atoms with Gasteiger partial charge < -0.3 is 20.1 Å². The number of fused-ring (bicyclic) bond motifs is 1. The number of carboxylic acids is 1. The van der Waals surface area contributed by atoms with Gasteiger partial charge in [-0.1, -0.05) is 18.2 Å². The number of hydrogen-bond donors (Lipinski definition) is 3. The van der Waals surface area contributed by atoms with Crippen LogP contribution in [0.4, 0.5) is 0 Å². The molecule has 0 saturated carbocycles. The third kappa shape index (κ3) is 3.19. The van der Waals surface area contributed by atoms with E-state index in [4.69, 9.17) is 0 Å². The minimum Gasteiger partial charge on any atom is -0.480 e. The van der Waals surface area contributed by atoms with Crippen molar-refractivity contribution in [1.29, 1.82) is 0 Å². The number of ether oxygens (including phenoxy) is 1. The highest BCUT2D eigenvalue weighted by Gasteiger charge is 2.25. The van der Waals surface area contributed by atoms with Crippen molar-refractivity contribution in [2.75, 3.05) is 7.11 Å². The quantitative estimate of drug-likeness (QED) is 0.559. The Hall–Kier alpha value is -2.83. The van der Waals surface area contributed by atoms with E-state index in [1.54, 1.807) is 6.20 Å². The molecule has 1 atom stereocenters. The molecule has 0 radical (unpaired) electrons. The number of carboxylic acid groups (broad SMARTS) is 1. The highest BCUT2D eigenvalue weighted by atomic mass is 16.5. The van der Waals surface area contributed by atoms with Crippen molar-refractivity contribution in [1.82, 2.24) is 10.3 Å². The summed E-state index contributed by atoms with van der Waals surface area (Å²) in [6, 6.07) is 6.19. The summed E-state index contributed by atoms with van der Waals surface area (Å²) < 4.78 is 4.25. The van der Waals surface area contributed by atoms with Crippen molar-refractivity contribution >= 4 is 28.7 Å². The van der Waals surface area contributed by atoms with Gasteiger partial charge in [-0.3, -0.25) is 4.79 Å². The lowest BCUT2D eigenvalue weighted by molar-refractivity contribution is -0.154. The molecule has 2 aromatic rings. The van der Waals surface area contributed by atoms with Crippen molar-refractivity contribution in [3.63, 3.8) is 0 Å². The average molecular weight is 290 g/mol. The summed E-state index contributed by atoms with van der Waals surface area (Å²) in [5.74, 6) is -3.43. The molecule has 1 aromatic carbocycles. The predicted molar refractivity (Wildman–Crippen MR) is 73.6 cm³/mol. The minimum absolute atomic E-state index is 0.0576. The number of carbonyl (C=O) groups is 3. The van der Waals surface area contributed by atoms with Gasteiger partial charge in [0.25, 0.3) is 0 Å². The maximum Gasteiger partial charge on any atom is 0.396 e. The number of carbonyl (C=O) groups excluding carboxylic acids is 2. The van der Waals surface area contributed by atoms with E-state index in [9.17, 15) is 19.5 Å². The van der Waals surface area contributed by atoms with Gasteiger partial charge in [0, 0.05) is 23.5 Å². The number of aromatic amines is 1. The number of benzene rings is 1. The molecule has 0 aliphatic carbocycles. The molecule has 0 bridgehead atoms. The minimum atomic E-state index is -1.22. The van der Waals surface area contributed by atoms with Crippen molar-refractivity contribution in [3.8, 4) is 0 Å². The zero-order valence-corrected chi connectivity index (χ0v) is 11.3. The maximum atomic E-state index is 11.4. The number of aliphatic carboxylic acids is 1.